The van der Waals surface area contributed by atoms with Gasteiger partial charge in [0.1, 0.15) is 17.2 Å². The zero-order chi connectivity index (χ0) is 30.0. The van der Waals surface area contributed by atoms with Gasteiger partial charge in [0.15, 0.2) is 0 Å². The molecule has 0 bridgehead atoms. The summed E-state index contributed by atoms with van der Waals surface area (Å²) in [5.41, 5.74) is 4.55. The van der Waals surface area contributed by atoms with Crippen molar-refractivity contribution >= 4 is 27.4 Å². The molecule has 220 valence electrons. The summed E-state index contributed by atoms with van der Waals surface area (Å²) < 4.78 is 38.3. The van der Waals surface area contributed by atoms with Crippen LogP contribution in [0.5, 0.6) is 17.2 Å². The molecule has 9 heteroatoms. The smallest absolute Gasteiger partial charge is 0.303 e. The third-order valence-corrected chi connectivity index (χ3v) is 7.14. The highest BCUT2D eigenvalue weighted by molar-refractivity contribution is 7.92. The fraction of sp³-hybridized carbons (Fsp3) is 0.242. The first kappa shape index (κ1) is 30.5. The molecule has 0 radical (unpaired) electrons. The third kappa shape index (κ3) is 9.55. The van der Waals surface area contributed by atoms with Gasteiger partial charge in [-0.2, -0.15) is 0 Å². The summed E-state index contributed by atoms with van der Waals surface area (Å²) in [5.74, 6) is 1.19. The number of benzene rings is 4. The lowest BCUT2D eigenvalue weighted by molar-refractivity contribution is -0.137. The van der Waals surface area contributed by atoms with E-state index >= 15 is 0 Å². The van der Waals surface area contributed by atoms with E-state index in [1.54, 1.807) is 6.07 Å². The Hall–Kier alpha value is -4.50. The van der Waals surface area contributed by atoms with Crippen molar-refractivity contribution < 1.29 is 27.8 Å². The summed E-state index contributed by atoms with van der Waals surface area (Å²) in [6.45, 7) is 3.61. The van der Waals surface area contributed by atoms with Crippen molar-refractivity contribution in [3.8, 4) is 17.2 Å². The molecule has 0 atom stereocenters. The monoisotopic (exact) mass is 588 g/mol. The molecule has 0 amide bonds. The SMILES string of the molecule is Cc1c(NS(C)(=O)=O)cccc1N(Cc1ccccc1)Cc1ccc(Oc2cccc(OCCCCC(=O)O)c2)cc1. The Bertz CT molecular complexity index is 1570. The van der Waals surface area contributed by atoms with Crippen LogP contribution in [0.2, 0.25) is 0 Å². The van der Waals surface area contributed by atoms with Crippen LogP contribution >= 0.6 is 0 Å². The number of carbonyl (C=O) groups is 1. The topological polar surface area (TPSA) is 105 Å². The van der Waals surface area contributed by atoms with E-state index in [1.807, 2.05) is 85.8 Å². The van der Waals surface area contributed by atoms with E-state index in [-0.39, 0.29) is 6.42 Å². The predicted molar refractivity (Wildman–Crippen MR) is 166 cm³/mol. The molecule has 4 rings (SSSR count). The van der Waals surface area contributed by atoms with Crippen molar-refractivity contribution in [2.24, 2.45) is 0 Å². The number of hydrogen-bond acceptors (Lipinski definition) is 6. The molecular weight excluding hydrogens is 552 g/mol. The van der Waals surface area contributed by atoms with Gasteiger partial charge in [0.2, 0.25) is 10.0 Å². The normalized spacial score (nSPS) is 11.1. The van der Waals surface area contributed by atoms with Crippen molar-refractivity contribution in [1.29, 1.82) is 0 Å². The third-order valence-electron chi connectivity index (χ3n) is 6.55. The number of nitrogens with zero attached hydrogens (tertiary/aromatic N) is 1. The summed E-state index contributed by atoms with van der Waals surface area (Å²) in [5, 5.41) is 8.75. The van der Waals surface area contributed by atoms with E-state index in [9.17, 15) is 13.2 Å². The van der Waals surface area contributed by atoms with Crippen LogP contribution in [-0.4, -0.2) is 32.4 Å². The summed E-state index contributed by atoms with van der Waals surface area (Å²) in [6, 6.07) is 31.0. The van der Waals surface area contributed by atoms with E-state index in [0.717, 1.165) is 28.6 Å². The molecule has 0 aliphatic rings. The Balaban J connectivity index is 1.46. The van der Waals surface area contributed by atoms with Crippen LogP contribution in [0.1, 0.15) is 36.0 Å². The van der Waals surface area contributed by atoms with Gasteiger partial charge in [-0.15, -0.1) is 0 Å². The maximum Gasteiger partial charge on any atom is 0.303 e. The standard InChI is InChI=1S/C33H36N2O6S/c1-25-31(34-42(2,38)39)14-9-15-32(25)35(23-26-10-4-3-5-11-26)24-27-17-19-28(20-18-27)41-30-13-8-12-29(22-30)40-21-7-6-16-33(36)37/h3-5,8-15,17-20,22,34H,6-7,16,21,23-24H2,1-2H3,(H,36,37). The molecule has 0 aliphatic carbocycles. The van der Waals surface area contributed by atoms with Crippen molar-refractivity contribution in [2.45, 2.75) is 39.3 Å². The molecule has 0 saturated carbocycles. The van der Waals surface area contributed by atoms with Gasteiger partial charge in [0.25, 0.3) is 0 Å². The lowest BCUT2D eigenvalue weighted by atomic mass is 10.1. The molecule has 8 nitrogen and oxygen atoms in total. The van der Waals surface area contributed by atoms with Gasteiger partial charge in [-0.25, -0.2) is 8.42 Å². The number of nitrogens with one attached hydrogen (secondary N) is 1. The largest absolute Gasteiger partial charge is 0.493 e. The lowest BCUT2D eigenvalue weighted by Crippen LogP contribution is -2.23. The molecule has 4 aromatic carbocycles. The maximum absolute atomic E-state index is 11.9. The van der Waals surface area contributed by atoms with Crippen LogP contribution in [0.4, 0.5) is 11.4 Å². The Morgan fingerprint density at radius 2 is 1.48 bits per heavy atom. The second kappa shape index (κ2) is 14.4. The van der Waals surface area contributed by atoms with Crippen LogP contribution in [0.15, 0.2) is 97.1 Å². The Labute approximate surface area is 247 Å². The number of rotatable bonds is 15. The van der Waals surface area contributed by atoms with Gasteiger partial charge >= 0.3 is 5.97 Å². The highest BCUT2D eigenvalue weighted by atomic mass is 32.2. The number of aliphatic carboxylic acids is 1. The minimum atomic E-state index is -3.41. The van der Waals surface area contributed by atoms with Gasteiger partial charge in [-0.3, -0.25) is 9.52 Å². The van der Waals surface area contributed by atoms with Crippen molar-refractivity contribution in [2.75, 3.05) is 22.5 Å². The molecule has 0 aliphatic heterocycles. The average molecular weight is 589 g/mol. The van der Waals surface area contributed by atoms with Crippen LogP contribution < -0.4 is 19.1 Å². The zero-order valence-electron chi connectivity index (χ0n) is 23.8. The van der Waals surface area contributed by atoms with E-state index in [0.29, 0.717) is 55.5 Å². The Kier molecular flexibility index (Phi) is 10.4. The molecule has 0 fully saturated rings. The highest BCUT2D eigenvalue weighted by Gasteiger charge is 2.15. The van der Waals surface area contributed by atoms with E-state index in [4.69, 9.17) is 14.6 Å². The first-order valence-electron chi connectivity index (χ1n) is 13.7. The quantitative estimate of drug-likeness (QED) is 0.144. The van der Waals surface area contributed by atoms with E-state index < -0.39 is 16.0 Å². The molecule has 0 unspecified atom stereocenters. The predicted octanol–water partition coefficient (Wildman–Crippen LogP) is 7.00. The van der Waals surface area contributed by atoms with Crippen LogP contribution in [-0.2, 0) is 27.9 Å². The molecule has 0 saturated heterocycles. The molecule has 4 aromatic rings. The van der Waals surface area contributed by atoms with Gasteiger partial charge in [0, 0.05) is 31.3 Å². The Morgan fingerprint density at radius 1 is 0.810 bits per heavy atom. The fourth-order valence-electron chi connectivity index (χ4n) is 4.52. The summed E-state index contributed by atoms with van der Waals surface area (Å²) >= 11 is 0. The molecule has 0 heterocycles. The number of ether oxygens (including phenoxy) is 2. The summed E-state index contributed by atoms with van der Waals surface area (Å²) in [7, 11) is -3.41. The summed E-state index contributed by atoms with van der Waals surface area (Å²) in [6.07, 6.45) is 2.53. The fourth-order valence-corrected chi connectivity index (χ4v) is 5.14. The van der Waals surface area contributed by atoms with Gasteiger partial charge in [-0.1, -0.05) is 54.6 Å². The lowest BCUT2D eigenvalue weighted by Gasteiger charge is -2.28. The second-order valence-electron chi connectivity index (χ2n) is 10.1. The minimum Gasteiger partial charge on any atom is -0.493 e. The maximum atomic E-state index is 11.9. The van der Waals surface area contributed by atoms with Crippen molar-refractivity contribution in [3.63, 3.8) is 0 Å². The number of hydrogen-bond donors (Lipinski definition) is 2. The second-order valence-corrected chi connectivity index (χ2v) is 11.8. The average Bonchev–Trinajstić information content (AvgIpc) is 2.95. The van der Waals surface area contributed by atoms with Crippen molar-refractivity contribution in [3.05, 3.63) is 114 Å². The minimum absolute atomic E-state index is 0.138. The molecule has 0 spiro atoms. The number of anilines is 2. The van der Waals surface area contributed by atoms with Gasteiger partial charge in [-0.05, 0) is 72.9 Å². The van der Waals surface area contributed by atoms with Crippen LogP contribution in [0.3, 0.4) is 0 Å². The number of unbranched alkanes of at least 4 members (excludes halogenated alkanes) is 1. The van der Waals surface area contributed by atoms with Crippen molar-refractivity contribution in [1.82, 2.24) is 0 Å². The van der Waals surface area contributed by atoms with Gasteiger partial charge < -0.3 is 19.5 Å². The van der Waals surface area contributed by atoms with Crippen LogP contribution in [0, 0.1) is 6.92 Å². The number of carboxylic acid groups (broad SMARTS) is 1. The first-order valence-corrected chi connectivity index (χ1v) is 15.6. The first-order chi connectivity index (χ1) is 20.2. The van der Waals surface area contributed by atoms with E-state index in [1.165, 1.54) is 0 Å². The summed E-state index contributed by atoms with van der Waals surface area (Å²) in [4.78, 5) is 12.9. The molecular formula is C33H36N2O6S. The van der Waals surface area contributed by atoms with Crippen LogP contribution in [0.25, 0.3) is 0 Å². The molecule has 0 aromatic heterocycles. The zero-order valence-corrected chi connectivity index (χ0v) is 24.6. The Morgan fingerprint density at radius 3 is 2.17 bits per heavy atom. The number of sulfonamides is 1. The highest BCUT2D eigenvalue weighted by Crippen LogP contribution is 2.31. The number of carboxylic acids is 1. The molecule has 2 N–H and O–H groups in total. The van der Waals surface area contributed by atoms with Gasteiger partial charge in [0.05, 0.1) is 18.6 Å². The van der Waals surface area contributed by atoms with E-state index in [2.05, 4.69) is 21.8 Å². The molecule has 42 heavy (non-hydrogen) atoms.